The van der Waals surface area contributed by atoms with Crippen LogP contribution in [0.25, 0.3) is 11.0 Å². The molecule has 134 valence electrons. The highest BCUT2D eigenvalue weighted by atomic mass is 16.6. The predicted octanol–water partition coefficient (Wildman–Crippen LogP) is 2.32. The van der Waals surface area contributed by atoms with E-state index >= 15 is 0 Å². The van der Waals surface area contributed by atoms with Crippen LogP contribution in [0.4, 0.5) is 0 Å². The van der Waals surface area contributed by atoms with Gasteiger partial charge in [0.05, 0.1) is 0 Å². The average molecular weight is 347 g/mol. The van der Waals surface area contributed by atoms with Gasteiger partial charge in [0.2, 0.25) is 5.75 Å². The van der Waals surface area contributed by atoms with Crippen molar-refractivity contribution in [1.29, 1.82) is 0 Å². The van der Waals surface area contributed by atoms with Crippen molar-refractivity contribution in [2.45, 2.75) is 39.5 Å². The first-order valence-electron chi connectivity index (χ1n) is 8.09. The van der Waals surface area contributed by atoms with Gasteiger partial charge in [0.15, 0.2) is 11.3 Å². The van der Waals surface area contributed by atoms with E-state index in [1.807, 2.05) is 0 Å². The molecule has 0 saturated heterocycles. The predicted molar refractivity (Wildman–Crippen MR) is 91.7 cm³/mol. The summed E-state index contributed by atoms with van der Waals surface area (Å²) >= 11 is 0. The van der Waals surface area contributed by atoms with Crippen molar-refractivity contribution in [2.75, 3.05) is 6.54 Å². The second-order valence-electron chi connectivity index (χ2n) is 5.66. The summed E-state index contributed by atoms with van der Waals surface area (Å²) in [5.74, 6) is -1.25. The number of nitrogens with two attached hydrogens (primary N) is 1. The minimum Gasteiger partial charge on any atom is -0.423 e. The van der Waals surface area contributed by atoms with Crippen LogP contribution in [0.1, 0.15) is 38.7 Å². The van der Waals surface area contributed by atoms with Gasteiger partial charge in [0.1, 0.15) is 0 Å². The number of ether oxygens (including phenoxy) is 2. The molecular weight excluding hydrogens is 326 g/mol. The molecule has 2 aromatic rings. The summed E-state index contributed by atoms with van der Waals surface area (Å²) in [5, 5.41) is 0.584. The molecule has 0 aliphatic rings. The largest absolute Gasteiger partial charge is 0.423 e. The Bertz CT molecular complexity index is 839. The van der Waals surface area contributed by atoms with E-state index < -0.39 is 17.6 Å². The van der Waals surface area contributed by atoms with Gasteiger partial charge >= 0.3 is 17.6 Å². The number of esters is 2. The third-order valence-corrected chi connectivity index (χ3v) is 3.54. The minimum atomic E-state index is -0.616. The van der Waals surface area contributed by atoms with Crippen LogP contribution in [0, 0.1) is 0 Å². The van der Waals surface area contributed by atoms with Gasteiger partial charge in [-0.15, -0.1) is 0 Å². The first-order chi connectivity index (χ1) is 11.9. The minimum absolute atomic E-state index is 0.0223. The molecule has 2 N–H and O–H groups in total. The van der Waals surface area contributed by atoms with E-state index in [1.165, 1.54) is 19.9 Å². The Morgan fingerprint density at radius 1 is 1.08 bits per heavy atom. The van der Waals surface area contributed by atoms with Crippen LogP contribution in [0.2, 0.25) is 0 Å². The van der Waals surface area contributed by atoms with Gasteiger partial charge in [-0.3, -0.25) is 9.59 Å². The van der Waals surface area contributed by atoms with Crippen LogP contribution in [0.3, 0.4) is 0 Å². The molecule has 2 rings (SSSR count). The zero-order chi connectivity index (χ0) is 18.4. The molecule has 0 bridgehead atoms. The third-order valence-electron chi connectivity index (χ3n) is 3.54. The quantitative estimate of drug-likeness (QED) is 0.354. The van der Waals surface area contributed by atoms with Crippen LogP contribution >= 0.6 is 0 Å². The van der Waals surface area contributed by atoms with Gasteiger partial charge in [0, 0.05) is 24.8 Å². The molecule has 0 atom stereocenters. The maximum atomic E-state index is 12.2. The Kier molecular flexibility index (Phi) is 6.30. The molecule has 0 spiro atoms. The number of hydrogen-bond donors (Lipinski definition) is 1. The number of fused-ring (bicyclic) bond motifs is 1. The van der Waals surface area contributed by atoms with E-state index in [2.05, 4.69) is 0 Å². The Morgan fingerprint density at radius 3 is 2.44 bits per heavy atom. The van der Waals surface area contributed by atoms with Crippen molar-refractivity contribution >= 4 is 22.9 Å². The van der Waals surface area contributed by atoms with Crippen LogP contribution in [-0.2, 0) is 16.0 Å². The van der Waals surface area contributed by atoms with Crippen molar-refractivity contribution < 1.29 is 23.5 Å². The van der Waals surface area contributed by atoms with Crippen molar-refractivity contribution in [3.8, 4) is 11.5 Å². The van der Waals surface area contributed by atoms with Gasteiger partial charge in [-0.1, -0.05) is 6.42 Å². The SMILES string of the molecule is CC(=O)Oc1ccc2cc(CCCCCN)c(=O)oc2c1OC(C)=O. The first-order valence-corrected chi connectivity index (χ1v) is 8.09. The number of aryl methyl sites for hydroxylation is 1. The molecule has 1 aromatic carbocycles. The van der Waals surface area contributed by atoms with Gasteiger partial charge in [-0.25, -0.2) is 4.79 Å². The van der Waals surface area contributed by atoms with Crippen molar-refractivity contribution in [1.82, 2.24) is 0 Å². The molecule has 7 heteroatoms. The van der Waals surface area contributed by atoms with Gasteiger partial charge in [-0.2, -0.15) is 0 Å². The number of benzene rings is 1. The molecule has 0 amide bonds. The number of carbonyl (C=O) groups excluding carboxylic acids is 2. The zero-order valence-corrected chi connectivity index (χ0v) is 14.3. The number of rotatable bonds is 7. The smallest absolute Gasteiger partial charge is 0.339 e. The Hall–Kier alpha value is -2.67. The van der Waals surface area contributed by atoms with Crippen LogP contribution in [0.15, 0.2) is 27.4 Å². The summed E-state index contributed by atoms with van der Waals surface area (Å²) in [4.78, 5) is 34.8. The van der Waals surface area contributed by atoms with Crippen LogP contribution in [0.5, 0.6) is 11.5 Å². The molecule has 0 aliphatic carbocycles. The Balaban J connectivity index is 2.44. The highest BCUT2D eigenvalue weighted by Crippen LogP contribution is 2.35. The lowest BCUT2D eigenvalue weighted by atomic mass is 10.1. The fourth-order valence-electron chi connectivity index (χ4n) is 2.47. The molecule has 0 radical (unpaired) electrons. The lowest BCUT2D eigenvalue weighted by Gasteiger charge is -2.11. The molecule has 1 aromatic heterocycles. The maximum absolute atomic E-state index is 12.2. The van der Waals surface area contributed by atoms with E-state index in [4.69, 9.17) is 19.6 Å². The summed E-state index contributed by atoms with van der Waals surface area (Å²) in [7, 11) is 0. The van der Waals surface area contributed by atoms with Crippen LogP contribution < -0.4 is 20.8 Å². The zero-order valence-electron chi connectivity index (χ0n) is 14.3. The van der Waals surface area contributed by atoms with E-state index in [1.54, 1.807) is 12.1 Å². The summed E-state index contributed by atoms with van der Waals surface area (Å²) in [6, 6.07) is 4.85. The van der Waals surface area contributed by atoms with Crippen molar-refractivity contribution in [2.24, 2.45) is 5.73 Å². The highest BCUT2D eigenvalue weighted by Gasteiger charge is 2.18. The fourth-order valence-corrected chi connectivity index (χ4v) is 2.47. The van der Waals surface area contributed by atoms with E-state index in [-0.39, 0.29) is 17.1 Å². The van der Waals surface area contributed by atoms with E-state index in [9.17, 15) is 14.4 Å². The Labute approximate surface area is 144 Å². The number of unbranched alkanes of at least 4 members (excludes halogenated alkanes) is 2. The van der Waals surface area contributed by atoms with Gasteiger partial charge in [-0.05, 0) is 44.0 Å². The Morgan fingerprint density at radius 2 is 1.80 bits per heavy atom. The second-order valence-corrected chi connectivity index (χ2v) is 5.66. The van der Waals surface area contributed by atoms with Gasteiger partial charge < -0.3 is 19.6 Å². The standard InChI is InChI=1S/C18H21NO6/c1-11(20)23-15-8-7-13-10-14(6-4-3-5-9-19)18(22)25-16(13)17(15)24-12(2)21/h7-8,10H,3-6,9,19H2,1-2H3. The second kappa shape index (κ2) is 8.43. The lowest BCUT2D eigenvalue weighted by molar-refractivity contribution is -0.134. The normalized spacial score (nSPS) is 10.7. The highest BCUT2D eigenvalue weighted by molar-refractivity contribution is 5.89. The summed E-state index contributed by atoms with van der Waals surface area (Å²) in [6.45, 7) is 3.06. The molecule has 25 heavy (non-hydrogen) atoms. The number of carbonyl (C=O) groups is 2. The van der Waals surface area contributed by atoms with Crippen molar-refractivity contribution in [3.63, 3.8) is 0 Å². The molecule has 0 fully saturated rings. The average Bonchev–Trinajstić information content (AvgIpc) is 2.54. The molecule has 0 aliphatic heterocycles. The molecule has 1 heterocycles. The first kappa shape index (κ1) is 18.7. The van der Waals surface area contributed by atoms with Crippen LogP contribution in [-0.4, -0.2) is 18.5 Å². The molecule has 0 unspecified atom stereocenters. The van der Waals surface area contributed by atoms with Crippen molar-refractivity contribution in [3.05, 3.63) is 34.2 Å². The van der Waals surface area contributed by atoms with E-state index in [0.717, 1.165) is 19.3 Å². The topological polar surface area (TPSA) is 109 Å². The molecule has 7 nitrogen and oxygen atoms in total. The lowest BCUT2D eigenvalue weighted by Crippen LogP contribution is -2.11. The molecule has 0 saturated carbocycles. The maximum Gasteiger partial charge on any atom is 0.339 e. The summed E-state index contributed by atoms with van der Waals surface area (Å²) in [6.07, 6.45) is 3.24. The summed E-state index contributed by atoms with van der Waals surface area (Å²) < 4.78 is 15.5. The third kappa shape index (κ3) is 4.90. The summed E-state index contributed by atoms with van der Waals surface area (Å²) in [5.41, 5.74) is 5.57. The number of hydrogen-bond acceptors (Lipinski definition) is 7. The fraction of sp³-hybridized carbons (Fsp3) is 0.389. The monoisotopic (exact) mass is 347 g/mol. The van der Waals surface area contributed by atoms with E-state index in [0.29, 0.717) is 23.9 Å². The van der Waals surface area contributed by atoms with Gasteiger partial charge in [0.25, 0.3) is 0 Å². The molecular formula is C18H21NO6.